The van der Waals surface area contributed by atoms with Crippen LogP contribution in [-0.2, 0) is 11.2 Å². The number of carbonyl (C=O) groups excluding carboxylic acids is 1. The largest absolute Gasteiger partial charge is 0.343 e. The van der Waals surface area contributed by atoms with E-state index in [0.29, 0.717) is 18.2 Å². The third-order valence-electron chi connectivity index (χ3n) is 5.00. The zero-order valence-corrected chi connectivity index (χ0v) is 15.7. The van der Waals surface area contributed by atoms with E-state index in [0.717, 1.165) is 36.2 Å². The number of carbonyl (C=O) groups is 1. The number of rotatable bonds is 4. The van der Waals surface area contributed by atoms with Gasteiger partial charge in [-0.2, -0.15) is 0 Å². The highest BCUT2D eigenvalue weighted by Crippen LogP contribution is 2.30. The molecule has 0 bridgehead atoms. The molecule has 1 aliphatic heterocycles. The molecule has 144 valence electrons. The van der Waals surface area contributed by atoms with Gasteiger partial charge in [-0.15, -0.1) is 0 Å². The fraction of sp³-hybridized carbons (Fsp3) is 0.333. The second-order valence-electron chi connectivity index (χ2n) is 7.09. The van der Waals surface area contributed by atoms with Crippen molar-refractivity contribution >= 4 is 5.91 Å². The monoisotopic (exact) mass is 379 g/mol. The number of hydrogen-bond donors (Lipinski definition) is 1. The maximum absolute atomic E-state index is 13.1. The maximum atomic E-state index is 13.1. The van der Waals surface area contributed by atoms with E-state index < -0.39 is 0 Å². The van der Waals surface area contributed by atoms with Crippen molar-refractivity contribution in [2.45, 2.75) is 38.6 Å². The summed E-state index contributed by atoms with van der Waals surface area (Å²) in [5, 5.41) is 0. The number of halogens is 1. The summed E-state index contributed by atoms with van der Waals surface area (Å²) in [7, 11) is 0. The van der Waals surface area contributed by atoms with Crippen LogP contribution in [0.15, 0.2) is 42.7 Å². The highest BCUT2D eigenvalue weighted by molar-refractivity contribution is 5.79. The van der Waals surface area contributed by atoms with Gasteiger partial charge in [0.15, 0.2) is 11.6 Å². The molecular weight excluding hydrogens is 357 g/mol. The first-order valence-corrected chi connectivity index (χ1v) is 9.49. The molecule has 7 heteroatoms. The summed E-state index contributed by atoms with van der Waals surface area (Å²) in [6.45, 7) is 2.60. The molecule has 0 radical (unpaired) electrons. The molecule has 0 saturated carbocycles. The Hall–Kier alpha value is -3.09. The summed E-state index contributed by atoms with van der Waals surface area (Å²) >= 11 is 0. The molecule has 1 aliphatic rings. The second-order valence-corrected chi connectivity index (χ2v) is 7.09. The van der Waals surface area contributed by atoms with Crippen LogP contribution in [0.1, 0.15) is 42.4 Å². The summed E-state index contributed by atoms with van der Waals surface area (Å²) in [5.41, 5.74) is 2.37. The van der Waals surface area contributed by atoms with Gasteiger partial charge < -0.3 is 9.88 Å². The van der Waals surface area contributed by atoms with Gasteiger partial charge in [0.2, 0.25) is 5.91 Å². The van der Waals surface area contributed by atoms with Gasteiger partial charge in [0.25, 0.3) is 0 Å². The molecule has 1 atom stereocenters. The minimum atomic E-state index is -0.300. The van der Waals surface area contributed by atoms with Crippen LogP contribution < -0.4 is 0 Å². The Morgan fingerprint density at radius 2 is 2.07 bits per heavy atom. The Kier molecular flexibility index (Phi) is 5.14. The molecule has 4 rings (SSSR count). The molecule has 28 heavy (non-hydrogen) atoms. The van der Waals surface area contributed by atoms with Crippen molar-refractivity contribution in [3.63, 3.8) is 0 Å². The predicted octanol–water partition coefficient (Wildman–Crippen LogP) is 3.61. The Balaban J connectivity index is 1.60. The van der Waals surface area contributed by atoms with Crippen LogP contribution >= 0.6 is 0 Å². The minimum absolute atomic E-state index is 0.0148. The average molecular weight is 379 g/mol. The van der Waals surface area contributed by atoms with E-state index >= 15 is 0 Å². The van der Waals surface area contributed by atoms with Gasteiger partial charge in [-0.05, 0) is 49.9 Å². The lowest BCUT2D eigenvalue weighted by atomic mass is 9.99. The van der Waals surface area contributed by atoms with Crippen LogP contribution in [0.5, 0.6) is 0 Å². The summed E-state index contributed by atoms with van der Waals surface area (Å²) in [5.74, 6) is 1.05. The van der Waals surface area contributed by atoms with E-state index in [2.05, 4.69) is 15.0 Å². The van der Waals surface area contributed by atoms with Gasteiger partial charge in [-0.25, -0.2) is 19.3 Å². The van der Waals surface area contributed by atoms with E-state index in [1.54, 1.807) is 24.5 Å². The summed E-state index contributed by atoms with van der Waals surface area (Å²) in [6, 6.07) is 7.81. The number of amides is 1. The normalized spacial score (nSPS) is 16.9. The van der Waals surface area contributed by atoms with Crippen LogP contribution in [0.4, 0.5) is 4.39 Å². The molecular formula is C21H22FN5O. The number of nitrogens with one attached hydrogen (secondary N) is 1. The number of benzene rings is 1. The smallest absolute Gasteiger partial charge is 0.227 e. The van der Waals surface area contributed by atoms with Crippen molar-refractivity contribution in [3.05, 3.63) is 65.6 Å². The summed E-state index contributed by atoms with van der Waals surface area (Å²) in [4.78, 5) is 31.5. The molecule has 1 amide bonds. The Morgan fingerprint density at radius 3 is 2.82 bits per heavy atom. The molecule has 1 saturated heterocycles. The van der Waals surface area contributed by atoms with Crippen molar-refractivity contribution in [1.29, 1.82) is 0 Å². The number of piperidine rings is 1. The number of hydrogen-bond acceptors (Lipinski definition) is 4. The molecule has 0 spiro atoms. The maximum Gasteiger partial charge on any atom is 0.227 e. The Bertz CT molecular complexity index is 955. The van der Waals surface area contributed by atoms with E-state index in [1.165, 1.54) is 12.1 Å². The Labute approximate surface area is 162 Å². The molecule has 0 aliphatic carbocycles. The van der Waals surface area contributed by atoms with Crippen molar-refractivity contribution in [2.24, 2.45) is 0 Å². The SMILES string of the molecule is Cc1cc(-c2ncc[nH]2)nc([C@H]2CCCCN2C(=O)Cc2ccc(F)cc2)n1. The van der Waals surface area contributed by atoms with Gasteiger partial charge in [-0.1, -0.05) is 12.1 Å². The van der Waals surface area contributed by atoms with Gasteiger partial charge in [0.05, 0.1) is 12.5 Å². The van der Waals surface area contributed by atoms with Gasteiger partial charge in [0, 0.05) is 24.6 Å². The molecule has 3 heterocycles. The van der Waals surface area contributed by atoms with Crippen LogP contribution in [0.25, 0.3) is 11.5 Å². The second kappa shape index (κ2) is 7.88. The minimum Gasteiger partial charge on any atom is -0.343 e. The molecule has 2 aromatic heterocycles. The van der Waals surface area contributed by atoms with Gasteiger partial charge in [0.1, 0.15) is 11.5 Å². The quantitative estimate of drug-likeness (QED) is 0.751. The van der Waals surface area contributed by atoms with E-state index in [4.69, 9.17) is 4.98 Å². The van der Waals surface area contributed by atoms with Crippen LogP contribution in [0, 0.1) is 12.7 Å². The number of imidazole rings is 1. The number of aromatic nitrogens is 4. The van der Waals surface area contributed by atoms with E-state index in [-0.39, 0.29) is 24.2 Å². The fourth-order valence-corrected chi connectivity index (χ4v) is 3.64. The molecule has 3 aromatic rings. The van der Waals surface area contributed by atoms with Crippen LogP contribution in [0.3, 0.4) is 0 Å². The van der Waals surface area contributed by atoms with Crippen molar-refractivity contribution in [1.82, 2.24) is 24.8 Å². The first-order valence-electron chi connectivity index (χ1n) is 9.49. The molecule has 6 nitrogen and oxygen atoms in total. The Morgan fingerprint density at radius 1 is 1.25 bits per heavy atom. The molecule has 1 N–H and O–H groups in total. The zero-order chi connectivity index (χ0) is 19.5. The van der Waals surface area contributed by atoms with Crippen LogP contribution in [0.2, 0.25) is 0 Å². The molecule has 0 unspecified atom stereocenters. The van der Waals surface area contributed by atoms with E-state index in [9.17, 15) is 9.18 Å². The fourth-order valence-electron chi connectivity index (χ4n) is 3.64. The number of aryl methyl sites for hydroxylation is 1. The third kappa shape index (κ3) is 3.93. The first-order chi connectivity index (χ1) is 13.6. The highest BCUT2D eigenvalue weighted by Gasteiger charge is 2.30. The predicted molar refractivity (Wildman–Crippen MR) is 103 cm³/mol. The lowest BCUT2D eigenvalue weighted by Gasteiger charge is -2.35. The topological polar surface area (TPSA) is 74.8 Å². The van der Waals surface area contributed by atoms with Gasteiger partial charge in [-0.3, -0.25) is 4.79 Å². The van der Waals surface area contributed by atoms with Crippen LogP contribution in [-0.4, -0.2) is 37.3 Å². The number of likely N-dealkylation sites (tertiary alicyclic amines) is 1. The number of aromatic amines is 1. The molecule has 1 aromatic carbocycles. The average Bonchev–Trinajstić information content (AvgIpc) is 3.24. The van der Waals surface area contributed by atoms with Crippen molar-refractivity contribution < 1.29 is 9.18 Å². The standard InChI is InChI=1S/C21H22FN5O/c1-14-12-17(20-23-9-10-24-20)26-21(25-14)18-4-2-3-11-27(18)19(28)13-15-5-7-16(22)8-6-15/h5-10,12,18H,2-4,11,13H2,1H3,(H,23,24)/t18-/m1/s1. The lowest BCUT2D eigenvalue weighted by Crippen LogP contribution is -2.40. The van der Waals surface area contributed by atoms with Crippen molar-refractivity contribution in [3.8, 4) is 11.5 Å². The van der Waals surface area contributed by atoms with Crippen molar-refractivity contribution in [2.75, 3.05) is 6.54 Å². The van der Waals surface area contributed by atoms with E-state index in [1.807, 2.05) is 17.9 Å². The highest BCUT2D eigenvalue weighted by atomic mass is 19.1. The third-order valence-corrected chi connectivity index (χ3v) is 5.00. The van der Waals surface area contributed by atoms with Gasteiger partial charge >= 0.3 is 0 Å². The lowest BCUT2D eigenvalue weighted by molar-refractivity contribution is -0.134. The molecule has 1 fully saturated rings. The zero-order valence-electron chi connectivity index (χ0n) is 15.7. The number of H-pyrrole nitrogens is 1. The summed E-state index contributed by atoms with van der Waals surface area (Å²) in [6.07, 6.45) is 6.50. The first kappa shape index (κ1) is 18.3. The number of nitrogens with zero attached hydrogens (tertiary/aromatic N) is 4. The summed E-state index contributed by atoms with van der Waals surface area (Å²) < 4.78 is 13.1.